The lowest BCUT2D eigenvalue weighted by Gasteiger charge is -2.22. The summed E-state index contributed by atoms with van der Waals surface area (Å²) in [6.07, 6.45) is 0. The lowest BCUT2D eigenvalue weighted by molar-refractivity contribution is -0.123. The third kappa shape index (κ3) is 3.24. The van der Waals surface area contributed by atoms with E-state index in [2.05, 4.69) is 33.6 Å². The van der Waals surface area contributed by atoms with E-state index in [4.69, 9.17) is 0 Å². The monoisotopic (exact) mass is 307 g/mol. The number of amides is 1. The molecule has 114 valence electrons. The number of nitrogens with zero attached hydrogens (tertiary/aromatic N) is 3. The first kappa shape index (κ1) is 15.5. The zero-order chi connectivity index (χ0) is 15.6. The highest BCUT2D eigenvalue weighted by atomic mass is 32.1. The molecule has 2 aromatic heterocycles. The molecule has 0 fully saturated rings. The van der Waals surface area contributed by atoms with Crippen molar-refractivity contribution in [3.63, 3.8) is 0 Å². The van der Waals surface area contributed by atoms with Crippen LogP contribution in [0.15, 0.2) is 6.07 Å². The number of carbonyl (C=O) groups is 1. The average Bonchev–Trinajstić information content (AvgIpc) is 2.84. The Kier molecular flexibility index (Phi) is 4.62. The predicted molar refractivity (Wildman–Crippen MR) is 88.2 cm³/mol. The van der Waals surface area contributed by atoms with Gasteiger partial charge in [0.1, 0.15) is 10.6 Å². The maximum Gasteiger partial charge on any atom is 0.225 e. The van der Waals surface area contributed by atoms with Gasteiger partial charge in [-0.25, -0.2) is 4.98 Å². The molecule has 1 amide bonds. The largest absolute Gasteiger partial charge is 0.359 e. The van der Waals surface area contributed by atoms with E-state index in [-0.39, 0.29) is 11.8 Å². The van der Waals surface area contributed by atoms with Crippen molar-refractivity contribution in [2.45, 2.75) is 13.8 Å². The molecule has 6 nitrogen and oxygen atoms in total. The van der Waals surface area contributed by atoms with Crippen molar-refractivity contribution in [1.29, 1.82) is 0 Å². The fourth-order valence-corrected chi connectivity index (χ4v) is 3.13. The molecule has 0 aromatic carbocycles. The van der Waals surface area contributed by atoms with Gasteiger partial charge in [0, 0.05) is 32.6 Å². The van der Waals surface area contributed by atoms with Gasteiger partial charge in [-0.2, -0.15) is 4.98 Å². The quantitative estimate of drug-likeness (QED) is 0.882. The van der Waals surface area contributed by atoms with Crippen LogP contribution in [0.2, 0.25) is 0 Å². The third-order valence-corrected chi connectivity index (χ3v) is 4.27. The molecule has 1 unspecified atom stereocenters. The lowest BCUT2D eigenvalue weighted by Crippen LogP contribution is -2.34. The van der Waals surface area contributed by atoms with E-state index in [0.29, 0.717) is 12.5 Å². The Balaban J connectivity index is 2.37. The normalized spacial score (nSPS) is 12.2. The van der Waals surface area contributed by atoms with E-state index in [1.165, 1.54) is 4.88 Å². The van der Waals surface area contributed by atoms with Crippen molar-refractivity contribution in [3.05, 3.63) is 10.9 Å². The van der Waals surface area contributed by atoms with E-state index >= 15 is 0 Å². The van der Waals surface area contributed by atoms with Crippen molar-refractivity contribution in [2.24, 2.45) is 5.92 Å². The topological polar surface area (TPSA) is 70.2 Å². The minimum Gasteiger partial charge on any atom is -0.359 e. The molecule has 0 spiro atoms. The SMILES string of the molecule is CNC(=O)C(C)CN(C)c1nc(NC)nc2sc(C)cc12. The Morgan fingerprint density at radius 1 is 1.43 bits per heavy atom. The summed E-state index contributed by atoms with van der Waals surface area (Å²) < 4.78 is 0. The van der Waals surface area contributed by atoms with E-state index < -0.39 is 0 Å². The maximum atomic E-state index is 11.7. The zero-order valence-corrected chi connectivity index (χ0v) is 13.8. The second kappa shape index (κ2) is 6.26. The molecular formula is C14H21N5OS. The highest BCUT2D eigenvalue weighted by Crippen LogP contribution is 2.31. The summed E-state index contributed by atoms with van der Waals surface area (Å²) in [6.45, 7) is 4.57. The summed E-state index contributed by atoms with van der Waals surface area (Å²) in [5, 5.41) is 6.70. The first-order valence-corrected chi connectivity index (χ1v) is 7.66. The molecule has 21 heavy (non-hydrogen) atoms. The summed E-state index contributed by atoms with van der Waals surface area (Å²) in [4.78, 5) is 24.9. The van der Waals surface area contributed by atoms with Crippen LogP contribution in [0, 0.1) is 12.8 Å². The van der Waals surface area contributed by atoms with Crippen molar-refractivity contribution in [1.82, 2.24) is 15.3 Å². The number of carbonyl (C=O) groups excluding carboxylic acids is 1. The first-order chi connectivity index (χ1) is 9.96. The highest BCUT2D eigenvalue weighted by Gasteiger charge is 2.18. The van der Waals surface area contributed by atoms with Gasteiger partial charge in [0.2, 0.25) is 11.9 Å². The van der Waals surface area contributed by atoms with Gasteiger partial charge in [0.25, 0.3) is 0 Å². The highest BCUT2D eigenvalue weighted by molar-refractivity contribution is 7.18. The molecule has 0 radical (unpaired) electrons. The second-order valence-corrected chi connectivity index (χ2v) is 6.33. The van der Waals surface area contributed by atoms with Crippen LogP contribution in [-0.2, 0) is 4.79 Å². The molecule has 0 aliphatic carbocycles. The van der Waals surface area contributed by atoms with Crippen molar-refractivity contribution in [2.75, 3.05) is 37.9 Å². The standard InChI is InChI=1S/C14H21N5OS/c1-8(12(20)15-3)7-19(5)11-10-6-9(2)21-13(10)18-14(16-4)17-11/h6,8H,7H2,1-5H3,(H,15,20)(H,16,17,18). The summed E-state index contributed by atoms with van der Waals surface area (Å²) >= 11 is 1.65. The van der Waals surface area contributed by atoms with Crippen LogP contribution in [0.4, 0.5) is 11.8 Å². The van der Waals surface area contributed by atoms with Crippen LogP contribution in [-0.4, -0.2) is 43.6 Å². The minimum atomic E-state index is -0.109. The number of hydrogen-bond donors (Lipinski definition) is 2. The number of nitrogens with one attached hydrogen (secondary N) is 2. The van der Waals surface area contributed by atoms with Gasteiger partial charge in [-0.15, -0.1) is 11.3 Å². The Morgan fingerprint density at radius 2 is 2.14 bits per heavy atom. The number of rotatable bonds is 5. The van der Waals surface area contributed by atoms with Gasteiger partial charge in [-0.05, 0) is 13.0 Å². The molecule has 0 saturated carbocycles. The predicted octanol–water partition coefficient (Wildman–Crippen LogP) is 1.86. The number of fused-ring (bicyclic) bond motifs is 1. The number of anilines is 2. The Bertz CT molecular complexity index is 654. The van der Waals surface area contributed by atoms with Gasteiger partial charge in [0.05, 0.1) is 11.3 Å². The number of aromatic nitrogens is 2. The van der Waals surface area contributed by atoms with Crippen LogP contribution >= 0.6 is 11.3 Å². The van der Waals surface area contributed by atoms with E-state index in [1.54, 1.807) is 25.4 Å². The number of hydrogen-bond acceptors (Lipinski definition) is 6. The molecule has 2 aromatic rings. The lowest BCUT2D eigenvalue weighted by atomic mass is 10.1. The molecule has 1 atom stereocenters. The number of aryl methyl sites for hydroxylation is 1. The van der Waals surface area contributed by atoms with Gasteiger partial charge in [-0.1, -0.05) is 6.92 Å². The molecule has 2 rings (SSSR count). The second-order valence-electron chi connectivity index (χ2n) is 5.09. The van der Waals surface area contributed by atoms with Crippen molar-refractivity contribution in [3.8, 4) is 0 Å². The van der Waals surface area contributed by atoms with Crippen LogP contribution in [0.25, 0.3) is 10.2 Å². The molecule has 2 heterocycles. The molecule has 0 aliphatic rings. The van der Waals surface area contributed by atoms with Crippen molar-refractivity contribution >= 4 is 39.2 Å². The van der Waals surface area contributed by atoms with Crippen LogP contribution in [0.1, 0.15) is 11.8 Å². The fraction of sp³-hybridized carbons (Fsp3) is 0.500. The average molecular weight is 307 g/mol. The summed E-state index contributed by atoms with van der Waals surface area (Å²) in [6, 6.07) is 2.09. The van der Waals surface area contributed by atoms with Crippen LogP contribution in [0.5, 0.6) is 0 Å². The Morgan fingerprint density at radius 3 is 2.76 bits per heavy atom. The van der Waals surface area contributed by atoms with Gasteiger partial charge in [-0.3, -0.25) is 4.79 Å². The molecule has 0 saturated heterocycles. The van der Waals surface area contributed by atoms with Crippen molar-refractivity contribution < 1.29 is 4.79 Å². The Labute approximate surface area is 128 Å². The maximum absolute atomic E-state index is 11.7. The molecule has 7 heteroatoms. The molecule has 2 N–H and O–H groups in total. The van der Waals surface area contributed by atoms with Crippen LogP contribution in [0.3, 0.4) is 0 Å². The Hall–Kier alpha value is -1.89. The zero-order valence-electron chi connectivity index (χ0n) is 13.0. The molecule has 0 bridgehead atoms. The smallest absolute Gasteiger partial charge is 0.225 e. The summed E-state index contributed by atoms with van der Waals surface area (Å²) in [5.41, 5.74) is 0. The summed E-state index contributed by atoms with van der Waals surface area (Å²) in [5.74, 6) is 1.37. The van der Waals surface area contributed by atoms with E-state index in [1.807, 2.05) is 18.9 Å². The van der Waals surface area contributed by atoms with Crippen LogP contribution < -0.4 is 15.5 Å². The molecular weight excluding hydrogens is 286 g/mol. The van der Waals surface area contributed by atoms with Gasteiger partial charge in [0.15, 0.2) is 0 Å². The molecule has 0 aliphatic heterocycles. The third-order valence-electron chi connectivity index (χ3n) is 3.32. The first-order valence-electron chi connectivity index (χ1n) is 6.85. The number of thiophene rings is 1. The van der Waals surface area contributed by atoms with E-state index in [0.717, 1.165) is 16.0 Å². The van der Waals surface area contributed by atoms with Gasteiger partial charge >= 0.3 is 0 Å². The van der Waals surface area contributed by atoms with Gasteiger partial charge < -0.3 is 15.5 Å². The summed E-state index contributed by atoms with van der Waals surface area (Å²) in [7, 11) is 5.41. The van der Waals surface area contributed by atoms with E-state index in [9.17, 15) is 4.79 Å². The fourth-order valence-electron chi connectivity index (χ4n) is 2.26. The minimum absolute atomic E-state index is 0.0301.